The lowest BCUT2D eigenvalue weighted by molar-refractivity contribution is 0.462. The summed E-state index contributed by atoms with van der Waals surface area (Å²) in [5, 5.41) is 3.44. The fourth-order valence-corrected chi connectivity index (χ4v) is 3.47. The molecular weight excluding hydrogens is 473 g/mol. The smallest absolute Gasteiger partial charge is 0.193 e. The number of nitrogens with zero attached hydrogens (tertiary/aromatic N) is 3. The molecule has 0 spiro atoms. The Morgan fingerprint density at radius 1 is 1.18 bits per heavy atom. The van der Waals surface area contributed by atoms with Crippen LogP contribution >= 0.6 is 24.0 Å². The maximum absolute atomic E-state index is 13.5. The maximum atomic E-state index is 13.5. The first-order chi connectivity index (χ1) is 13.1. The molecule has 1 unspecified atom stereocenters. The van der Waals surface area contributed by atoms with E-state index in [0.717, 1.165) is 44.2 Å². The molecule has 28 heavy (non-hydrogen) atoms. The molecule has 1 fully saturated rings. The van der Waals surface area contributed by atoms with E-state index in [0.29, 0.717) is 5.92 Å². The summed E-state index contributed by atoms with van der Waals surface area (Å²) in [6, 6.07) is 14.4. The van der Waals surface area contributed by atoms with Crippen LogP contribution in [0, 0.1) is 17.6 Å². The van der Waals surface area contributed by atoms with Gasteiger partial charge in [0.2, 0.25) is 0 Å². The Kier molecular flexibility index (Phi) is 8.47. The van der Waals surface area contributed by atoms with E-state index >= 15 is 0 Å². The van der Waals surface area contributed by atoms with Crippen LogP contribution in [0.3, 0.4) is 0 Å². The number of anilines is 1. The summed E-state index contributed by atoms with van der Waals surface area (Å²) in [7, 11) is 3.80. The van der Waals surface area contributed by atoms with Gasteiger partial charge in [-0.05, 0) is 30.0 Å². The molecule has 2 aromatic rings. The van der Waals surface area contributed by atoms with E-state index in [1.54, 1.807) is 13.1 Å². The van der Waals surface area contributed by atoms with Crippen molar-refractivity contribution in [3.8, 4) is 0 Å². The SMILES string of the molecule is CN=C(NCC1CCN(c2ccc(F)c(F)c2)C1)N(C)Cc1ccccc1.I. The first-order valence-corrected chi connectivity index (χ1v) is 9.22. The van der Waals surface area contributed by atoms with E-state index in [1.165, 1.54) is 17.7 Å². The van der Waals surface area contributed by atoms with Crippen molar-refractivity contribution in [3.05, 3.63) is 65.7 Å². The summed E-state index contributed by atoms with van der Waals surface area (Å²) in [5.74, 6) is -0.316. The van der Waals surface area contributed by atoms with Crippen LogP contribution in [0.5, 0.6) is 0 Å². The predicted octanol–water partition coefficient (Wildman–Crippen LogP) is 4.12. The molecule has 152 valence electrons. The van der Waals surface area contributed by atoms with Gasteiger partial charge < -0.3 is 15.1 Å². The lowest BCUT2D eigenvalue weighted by atomic mass is 10.1. The van der Waals surface area contributed by atoms with Gasteiger partial charge in [-0.25, -0.2) is 8.78 Å². The second-order valence-corrected chi connectivity index (χ2v) is 6.97. The van der Waals surface area contributed by atoms with Gasteiger partial charge in [-0.1, -0.05) is 30.3 Å². The predicted molar refractivity (Wildman–Crippen MR) is 121 cm³/mol. The molecule has 0 aliphatic carbocycles. The van der Waals surface area contributed by atoms with E-state index in [9.17, 15) is 8.78 Å². The highest BCUT2D eigenvalue weighted by atomic mass is 127. The minimum Gasteiger partial charge on any atom is -0.371 e. The van der Waals surface area contributed by atoms with Crippen LogP contribution in [0.2, 0.25) is 0 Å². The number of rotatable bonds is 5. The van der Waals surface area contributed by atoms with E-state index in [-0.39, 0.29) is 24.0 Å². The van der Waals surface area contributed by atoms with Crippen LogP contribution in [0.4, 0.5) is 14.5 Å². The van der Waals surface area contributed by atoms with E-state index in [4.69, 9.17) is 0 Å². The van der Waals surface area contributed by atoms with Crippen LogP contribution in [0.25, 0.3) is 0 Å². The standard InChI is InChI=1S/C21H26F2N4.HI/c1-24-21(26(2)14-16-6-4-3-5-7-16)25-13-17-10-11-27(15-17)18-8-9-19(22)20(23)12-18;/h3-9,12,17H,10-11,13-15H2,1-2H3,(H,24,25);1H. The topological polar surface area (TPSA) is 30.9 Å². The lowest BCUT2D eigenvalue weighted by Crippen LogP contribution is -2.41. The molecule has 1 aliphatic heterocycles. The lowest BCUT2D eigenvalue weighted by Gasteiger charge is -2.24. The number of nitrogens with one attached hydrogen (secondary N) is 1. The zero-order valence-corrected chi connectivity index (χ0v) is 18.6. The zero-order chi connectivity index (χ0) is 19.2. The third-order valence-corrected chi connectivity index (χ3v) is 4.94. The van der Waals surface area contributed by atoms with Crippen LogP contribution in [0.1, 0.15) is 12.0 Å². The quantitative estimate of drug-likeness (QED) is 0.381. The van der Waals surface area contributed by atoms with Crippen molar-refractivity contribution in [2.75, 3.05) is 38.6 Å². The summed E-state index contributed by atoms with van der Waals surface area (Å²) in [5.41, 5.74) is 1.97. The van der Waals surface area contributed by atoms with Gasteiger partial charge in [-0.15, -0.1) is 24.0 Å². The normalized spacial score (nSPS) is 16.6. The number of benzene rings is 2. The van der Waals surface area contributed by atoms with Crippen molar-refractivity contribution in [1.82, 2.24) is 10.2 Å². The maximum Gasteiger partial charge on any atom is 0.193 e. The van der Waals surface area contributed by atoms with Crippen molar-refractivity contribution < 1.29 is 8.78 Å². The van der Waals surface area contributed by atoms with Crippen LogP contribution < -0.4 is 10.2 Å². The second-order valence-electron chi connectivity index (χ2n) is 6.97. The fraction of sp³-hybridized carbons (Fsp3) is 0.381. The minimum atomic E-state index is -0.804. The summed E-state index contributed by atoms with van der Waals surface area (Å²) in [6.07, 6.45) is 1.01. The largest absolute Gasteiger partial charge is 0.371 e. The number of guanidine groups is 1. The molecule has 1 heterocycles. The summed E-state index contributed by atoms with van der Waals surface area (Å²) < 4.78 is 26.6. The van der Waals surface area contributed by atoms with Crippen molar-refractivity contribution in [2.24, 2.45) is 10.9 Å². The third-order valence-electron chi connectivity index (χ3n) is 4.94. The average molecular weight is 500 g/mol. The molecule has 0 bridgehead atoms. The van der Waals surface area contributed by atoms with Gasteiger partial charge in [-0.3, -0.25) is 4.99 Å². The first kappa shape index (κ1) is 22.4. The molecule has 2 aromatic carbocycles. The molecular formula is C21H27F2IN4. The average Bonchev–Trinajstić information content (AvgIpc) is 3.14. The van der Waals surface area contributed by atoms with Crippen LogP contribution in [-0.2, 0) is 6.54 Å². The van der Waals surface area contributed by atoms with Gasteiger partial charge in [0.25, 0.3) is 0 Å². The fourth-order valence-electron chi connectivity index (χ4n) is 3.47. The Hall–Kier alpha value is -1.90. The van der Waals surface area contributed by atoms with Gasteiger partial charge in [0, 0.05) is 52.0 Å². The third kappa shape index (κ3) is 5.80. The highest BCUT2D eigenvalue weighted by molar-refractivity contribution is 14.0. The number of hydrogen-bond acceptors (Lipinski definition) is 2. The highest BCUT2D eigenvalue weighted by Crippen LogP contribution is 2.25. The first-order valence-electron chi connectivity index (χ1n) is 9.22. The van der Waals surface area contributed by atoms with Gasteiger partial charge in [-0.2, -0.15) is 0 Å². The molecule has 1 saturated heterocycles. The number of halogens is 3. The molecule has 1 aliphatic rings. The molecule has 0 aromatic heterocycles. The zero-order valence-electron chi connectivity index (χ0n) is 16.2. The monoisotopic (exact) mass is 500 g/mol. The molecule has 1 atom stereocenters. The van der Waals surface area contributed by atoms with Crippen LogP contribution in [0.15, 0.2) is 53.5 Å². The van der Waals surface area contributed by atoms with Gasteiger partial charge in [0.05, 0.1) is 0 Å². The van der Waals surface area contributed by atoms with E-state index in [2.05, 4.69) is 32.2 Å². The molecule has 0 radical (unpaired) electrons. The molecule has 4 nitrogen and oxygen atoms in total. The van der Waals surface area contributed by atoms with Gasteiger partial charge >= 0.3 is 0 Å². The molecule has 3 rings (SSSR count). The van der Waals surface area contributed by atoms with Crippen molar-refractivity contribution >= 4 is 35.6 Å². The Labute approximate surface area is 182 Å². The van der Waals surface area contributed by atoms with Crippen molar-refractivity contribution in [3.63, 3.8) is 0 Å². The van der Waals surface area contributed by atoms with Crippen molar-refractivity contribution in [2.45, 2.75) is 13.0 Å². The summed E-state index contributed by atoms with van der Waals surface area (Å²) in [4.78, 5) is 8.57. The van der Waals surface area contributed by atoms with E-state index < -0.39 is 11.6 Å². The second kappa shape index (κ2) is 10.6. The highest BCUT2D eigenvalue weighted by Gasteiger charge is 2.24. The number of aliphatic imine (C=N–C) groups is 1. The Bertz CT molecular complexity index is 785. The molecule has 7 heteroatoms. The molecule has 0 saturated carbocycles. The molecule has 1 N–H and O–H groups in total. The molecule has 0 amide bonds. The summed E-state index contributed by atoms with van der Waals surface area (Å²) in [6.45, 7) is 3.24. The van der Waals surface area contributed by atoms with E-state index in [1.807, 2.05) is 25.2 Å². The summed E-state index contributed by atoms with van der Waals surface area (Å²) >= 11 is 0. The van der Waals surface area contributed by atoms with Gasteiger partial charge in [0.1, 0.15) is 0 Å². The minimum absolute atomic E-state index is 0. The van der Waals surface area contributed by atoms with Gasteiger partial charge in [0.15, 0.2) is 17.6 Å². The Balaban J connectivity index is 0.00000280. The Morgan fingerprint density at radius 3 is 2.61 bits per heavy atom. The van der Waals surface area contributed by atoms with Crippen LogP contribution in [-0.4, -0.2) is 44.6 Å². The van der Waals surface area contributed by atoms with Crippen molar-refractivity contribution in [1.29, 1.82) is 0 Å². The Morgan fingerprint density at radius 2 is 1.93 bits per heavy atom. The number of hydrogen-bond donors (Lipinski definition) is 1.